The zero-order valence-corrected chi connectivity index (χ0v) is 8.02. The summed E-state index contributed by atoms with van der Waals surface area (Å²) >= 11 is 0. The SMILES string of the molecule is CN[C@H]([C@@H](C(=O)O)[C@@H](O)C(=O)O)C(F)(F)F. The molecule has 0 fully saturated rings. The van der Waals surface area contributed by atoms with Gasteiger partial charge in [-0.1, -0.05) is 0 Å². The van der Waals surface area contributed by atoms with E-state index < -0.39 is 36.2 Å². The molecule has 0 rings (SSSR count). The quantitative estimate of drug-likeness (QED) is 0.509. The molecule has 6 nitrogen and oxygen atoms in total. The Morgan fingerprint density at radius 3 is 1.81 bits per heavy atom. The van der Waals surface area contributed by atoms with Crippen molar-refractivity contribution in [1.29, 1.82) is 0 Å². The molecule has 0 aromatic carbocycles. The predicted molar refractivity (Wildman–Crippen MR) is 43.7 cm³/mol. The van der Waals surface area contributed by atoms with E-state index in [2.05, 4.69) is 0 Å². The van der Waals surface area contributed by atoms with E-state index in [4.69, 9.17) is 15.3 Å². The summed E-state index contributed by atoms with van der Waals surface area (Å²) in [5, 5.41) is 27.3. The fourth-order valence-corrected chi connectivity index (χ4v) is 1.16. The number of hydrogen-bond donors (Lipinski definition) is 4. The van der Waals surface area contributed by atoms with Crippen LogP contribution in [0.5, 0.6) is 0 Å². The molecular weight excluding hydrogens is 235 g/mol. The second-order valence-electron chi connectivity index (χ2n) is 2.96. The van der Waals surface area contributed by atoms with Gasteiger partial charge in [-0.2, -0.15) is 13.2 Å². The Balaban J connectivity index is 5.18. The fraction of sp³-hybridized carbons (Fsp3) is 0.714. The standard InChI is InChI=1S/C7H10F3NO5/c1-11-4(7(8,9)10)2(5(13)14)3(12)6(15)16/h2-4,11-12H,1H3,(H,13,14)(H,15,16)/t2-,3+,4+/m0/s1. The third kappa shape index (κ3) is 3.35. The highest BCUT2D eigenvalue weighted by Gasteiger charge is 2.51. The first-order valence-corrected chi connectivity index (χ1v) is 4.00. The van der Waals surface area contributed by atoms with Crippen molar-refractivity contribution < 1.29 is 38.1 Å². The largest absolute Gasteiger partial charge is 0.481 e. The third-order valence-corrected chi connectivity index (χ3v) is 1.90. The maximum Gasteiger partial charge on any atom is 0.404 e. The molecule has 0 unspecified atom stereocenters. The maximum absolute atomic E-state index is 12.3. The highest BCUT2D eigenvalue weighted by atomic mass is 19.4. The number of rotatable bonds is 5. The number of aliphatic hydroxyl groups excluding tert-OH is 1. The van der Waals surface area contributed by atoms with Gasteiger partial charge in [0.1, 0.15) is 12.0 Å². The summed E-state index contributed by atoms with van der Waals surface area (Å²) in [6, 6.07) is -2.64. The topological polar surface area (TPSA) is 107 Å². The van der Waals surface area contributed by atoms with Crippen molar-refractivity contribution in [2.75, 3.05) is 7.05 Å². The van der Waals surface area contributed by atoms with E-state index in [1.54, 1.807) is 5.32 Å². The second kappa shape index (κ2) is 5.12. The number of carboxylic acids is 2. The van der Waals surface area contributed by atoms with Crippen molar-refractivity contribution in [3.05, 3.63) is 0 Å². The molecule has 0 aliphatic carbocycles. The summed E-state index contributed by atoms with van der Waals surface area (Å²) in [5.74, 6) is -6.59. The van der Waals surface area contributed by atoms with E-state index in [-0.39, 0.29) is 0 Å². The average molecular weight is 245 g/mol. The van der Waals surface area contributed by atoms with E-state index in [1.807, 2.05) is 0 Å². The van der Waals surface area contributed by atoms with E-state index in [1.165, 1.54) is 0 Å². The minimum absolute atomic E-state index is 0.822. The Bertz CT molecular complexity index is 280. The summed E-state index contributed by atoms with van der Waals surface area (Å²) < 4.78 is 37.0. The molecule has 0 aliphatic rings. The molecule has 94 valence electrons. The smallest absolute Gasteiger partial charge is 0.404 e. The second-order valence-corrected chi connectivity index (χ2v) is 2.96. The number of alkyl halides is 3. The van der Waals surface area contributed by atoms with E-state index in [0.717, 1.165) is 7.05 Å². The Kier molecular flexibility index (Phi) is 4.69. The normalized spacial score (nSPS) is 17.6. The molecule has 0 heterocycles. The Morgan fingerprint density at radius 1 is 1.19 bits per heavy atom. The molecule has 0 spiro atoms. The first-order chi connectivity index (χ1) is 7.12. The van der Waals surface area contributed by atoms with Gasteiger partial charge in [-0.25, -0.2) is 4.79 Å². The molecule has 9 heteroatoms. The Morgan fingerprint density at radius 2 is 1.62 bits per heavy atom. The van der Waals surface area contributed by atoms with Gasteiger partial charge in [-0.15, -0.1) is 0 Å². The number of nitrogens with one attached hydrogen (secondary N) is 1. The van der Waals surface area contributed by atoms with Crippen molar-refractivity contribution in [3.8, 4) is 0 Å². The summed E-state index contributed by atoms with van der Waals surface area (Å²) in [5.41, 5.74) is 0. The van der Waals surface area contributed by atoms with Crippen LogP contribution in [0.25, 0.3) is 0 Å². The molecule has 0 aromatic rings. The summed E-state index contributed by atoms with van der Waals surface area (Å²) in [6.45, 7) is 0. The number of hydrogen-bond acceptors (Lipinski definition) is 4. The van der Waals surface area contributed by atoms with Crippen LogP contribution in [0.4, 0.5) is 13.2 Å². The van der Waals surface area contributed by atoms with Crippen LogP contribution in [0.15, 0.2) is 0 Å². The van der Waals surface area contributed by atoms with Crippen LogP contribution in [-0.4, -0.2) is 52.6 Å². The molecule has 0 radical (unpaired) electrons. The average Bonchev–Trinajstić information content (AvgIpc) is 2.09. The van der Waals surface area contributed by atoms with Crippen LogP contribution in [0, 0.1) is 5.92 Å². The number of carbonyl (C=O) groups is 2. The molecule has 0 bridgehead atoms. The molecule has 16 heavy (non-hydrogen) atoms. The zero-order chi connectivity index (χ0) is 13.1. The van der Waals surface area contributed by atoms with Crippen LogP contribution < -0.4 is 5.32 Å². The minimum atomic E-state index is -4.98. The van der Waals surface area contributed by atoms with Gasteiger partial charge >= 0.3 is 18.1 Å². The number of carboxylic acid groups (broad SMARTS) is 2. The maximum atomic E-state index is 12.3. The number of aliphatic hydroxyl groups is 1. The summed E-state index contributed by atoms with van der Waals surface area (Å²) in [7, 11) is 0.822. The van der Waals surface area contributed by atoms with Crippen LogP contribution >= 0.6 is 0 Å². The van der Waals surface area contributed by atoms with Gasteiger partial charge < -0.3 is 20.6 Å². The molecule has 4 N–H and O–H groups in total. The van der Waals surface area contributed by atoms with E-state index in [9.17, 15) is 22.8 Å². The van der Waals surface area contributed by atoms with Crippen LogP contribution in [0.1, 0.15) is 0 Å². The van der Waals surface area contributed by atoms with Gasteiger partial charge in [0.25, 0.3) is 0 Å². The van der Waals surface area contributed by atoms with E-state index in [0.29, 0.717) is 0 Å². The van der Waals surface area contributed by atoms with Crippen LogP contribution in [0.2, 0.25) is 0 Å². The summed E-state index contributed by atoms with van der Waals surface area (Å²) in [6.07, 6.45) is -7.62. The molecule has 0 saturated heterocycles. The molecule has 0 saturated carbocycles. The summed E-state index contributed by atoms with van der Waals surface area (Å²) in [4.78, 5) is 20.8. The fourth-order valence-electron chi connectivity index (χ4n) is 1.16. The van der Waals surface area contributed by atoms with Crippen molar-refractivity contribution in [3.63, 3.8) is 0 Å². The Labute approximate surface area is 87.7 Å². The lowest BCUT2D eigenvalue weighted by Crippen LogP contribution is -2.54. The molecular formula is C7H10F3NO5. The highest BCUT2D eigenvalue weighted by molar-refractivity contribution is 5.82. The lowest BCUT2D eigenvalue weighted by Gasteiger charge is -2.27. The number of aliphatic carboxylic acids is 2. The lowest BCUT2D eigenvalue weighted by molar-refractivity contribution is -0.191. The Hall–Kier alpha value is -1.35. The van der Waals surface area contributed by atoms with Crippen molar-refractivity contribution in [2.24, 2.45) is 5.92 Å². The van der Waals surface area contributed by atoms with Gasteiger partial charge in [0.05, 0.1) is 0 Å². The first-order valence-electron chi connectivity index (χ1n) is 4.00. The van der Waals surface area contributed by atoms with Gasteiger partial charge in [0.15, 0.2) is 6.10 Å². The van der Waals surface area contributed by atoms with Crippen LogP contribution in [-0.2, 0) is 9.59 Å². The zero-order valence-electron chi connectivity index (χ0n) is 8.02. The lowest BCUT2D eigenvalue weighted by atomic mass is 9.93. The minimum Gasteiger partial charge on any atom is -0.481 e. The van der Waals surface area contributed by atoms with Crippen molar-refractivity contribution >= 4 is 11.9 Å². The van der Waals surface area contributed by atoms with Crippen LogP contribution in [0.3, 0.4) is 0 Å². The third-order valence-electron chi connectivity index (χ3n) is 1.90. The van der Waals surface area contributed by atoms with Crippen molar-refractivity contribution in [1.82, 2.24) is 5.32 Å². The van der Waals surface area contributed by atoms with Gasteiger partial charge in [0, 0.05) is 0 Å². The highest BCUT2D eigenvalue weighted by Crippen LogP contribution is 2.27. The van der Waals surface area contributed by atoms with Crippen molar-refractivity contribution in [2.45, 2.75) is 18.3 Å². The molecule has 0 amide bonds. The molecule has 0 aromatic heterocycles. The first kappa shape index (κ1) is 14.6. The molecule has 3 atom stereocenters. The predicted octanol–water partition coefficient (Wildman–Crippen LogP) is -0.717. The number of halogens is 3. The van der Waals surface area contributed by atoms with Gasteiger partial charge in [-0.3, -0.25) is 4.79 Å². The van der Waals surface area contributed by atoms with Gasteiger partial charge in [-0.05, 0) is 7.05 Å². The van der Waals surface area contributed by atoms with Gasteiger partial charge in [0.2, 0.25) is 0 Å². The molecule has 0 aliphatic heterocycles. The van der Waals surface area contributed by atoms with E-state index >= 15 is 0 Å². The monoisotopic (exact) mass is 245 g/mol.